The Balaban J connectivity index is 2.39. The molecule has 98 valence electrons. The lowest BCUT2D eigenvalue weighted by molar-refractivity contribution is -0.128. The monoisotopic (exact) mass is 276 g/mol. The third-order valence-electron chi connectivity index (χ3n) is 2.63. The summed E-state index contributed by atoms with van der Waals surface area (Å²) in [5, 5.41) is 2.56. The Morgan fingerprint density at radius 2 is 2.26 bits per heavy atom. The molecule has 0 atom stereocenters. The number of nitrogens with one attached hydrogen (secondary N) is 1. The summed E-state index contributed by atoms with van der Waals surface area (Å²) in [6.45, 7) is 3.80. The molecule has 0 spiro atoms. The molecule has 0 aromatic carbocycles. The number of carbonyl (C=O) groups is 2. The zero-order valence-corrected chi connectivity index (χ0v) is 11.1. The molecule has 1 aromatic heterocycles. The molecular weight excluding hydrogens is 264 g/mol. The van der Waals surface area contributed by atoms with Crippen LogP contribution in [0.15, 0.2) is 30.6 Å². The molecule has 7 heteroatoms. The largest absolute Gasteiger partial charge is 0.335 e. The molecule has 1 aromatic rings. The Kier molecular flexibility index (Phi) is 3.57. The maximum absolute atomic E-state index is 12.2. The van der Waals surface area contributed by atoms with Crippen molar-refractivity contribution in [2.45, 2.75) is 0 Å². The van der Waals surface area contributed by atoms with E-state index < -0.39 is 11.8 Å². The van der Waals surface area contributed by atoms with Gasteiger partial charge in [-0.05, 0) is 18.3 Å². The molecule has 0 radical (unpaired) electrons. The number of hydrogen-bond donors (Lipinski definition) is 1. The Morgan fingerprint density at radius 1 is 1.53 bits per heavy atom. The normalized spacial score (nSPS) is 17.8. The second kappa shape index (κ2) is 5.15. The van der Waals surface area contributed by atoms with Gasteiger partial charge in [0.25, 0.3) is 11.8 Å². The van der Waals surface area contributed by atoms with Crippen LogP contribution >= 0.6 is 12.2 Å². The van der Waals surface area contributed by atoms with Crippen LogP contribution in [0, 0.1) is 0 Å². The van der Waals surface area contributed by atoms with Gasteiger partial charge in [0, 0.05) is 26.0 Å². The molecule has 0 bridgehead atoms. The van der Waals surface area contributed by atoms with Crippen molar-refractivity contribution in [2.75, 3.05) is 6.54 Å². The van der Waals surface area contributed by atoms with E-state index in [0.717, 1.165) is 0 Å². The van der Waals surface area contributed by atoms with Gasteiger partial charge in [-0.25, -0.2) is 4.98 Å². The lowest BCUT2D eigenvalue weighted by Gasteiger charge is -2.27. The second-order valence-corrected chi connectivity index (χ2v) is 4.30. The number of amides is 2. The third-order valence-corrected chi connectivity index (χ3v) is 2.95. The molecule has 0 unspecified atom stereocenters. The van der Waals surface area contributed by atoms with Gasteiger partial charge in [-0.15, -0.1) is 6.58 Å². The van der Waals surface area contributed by atoms with Crippen LogP contribution in [0.4, 0.5) is 0 Å². The lowest BCUT2D eigenvalue weighted by atomic mass is 10.1. The molecule has 0 saturated carbocycles. The van der Waals surface area contributed by atoms with E-state index in [1.54, 1.807) is 30.1 Å². The fourth-order valence-corrected chi connectivity index (χ4v) is 1.88. The maximum Gasteiger partial charge on any atom is 0.266 e. The minimum Gasteiger partial charge on any atom is -0.335 e. The van der Waals surface area contributed by atoms with E-state index in [2.05, 4.69) is 16.9 Å². The van der Waals surface area contributed by atoms with E-state index in [0.29, 0.717) is 5.82 Å². The molecular formula is C12H12N4O2S. The fraction of sp³-hybridized carbons (Fsp3) is 0.167. The predicted molar refractivity (Wildman–Crippen MR) is 73.8 cm³/mol. The minimum atomic E-state index is -0.515. The first-order chi connectivity index (χ1) is 9.04. The summed E-state index contributed by atoms with van der Waals surface area (Å²) < 4.78 is 1.71. The highest BCUT2D eigenvalue weighted by Gasteiger charge is 2.32. The van der Waals surface area contributed by atoms with Gasteiger partial charge in [0.1, 0.15) is 11.4 Å². The molecule has 1 aliphatic rings. The molecule has 1 saturated heterocycles. The highest BCUT2D eigenvalue weighted by atomic mass is 32.1. The molecule has 1 N–H and O–H groups in total. The number of hydrogen-bond acceptors (Lipinski definition) is 4. The smallest absolute Gasteiger partial charge is 0.266 e. The zero-order chi connectivity index (χ0) is 14.0. The Labute approximate surface area is 115 Å². The Bertz CT molecular complexity index is 603. The highest BCUT2D eigenvalue weighted by Crippen LogP contribution is 2.13. The van der Waals surface area contributed by atoms with Crippen molar-refractivity contribution in [3.63, 3.8) is 0 Å². The van der Waals surface area contributed by atoms with Gasteiger partial charge in [-0.2, -0.15) is 0 Å². The molecule has 2 heterocycles. The van der Waals surface area contributed by atoms with Crippen molar-refractivity contribution in [2.24, 2.45) is 7.05 Å². The van der Waals surface area contributed by atoms with Gasteiger partial charge in [0.15, 0.2) is 5.11 Å². The molecule has 6 nitrogen and oxygen atoms in total. The first kappa shape index (κ1) is 13.2. The van der Waals surface area contributed by atoms with Crippen LogP contribution in [-0.2, 0) is 16.6 Å². The number of imidazole rings is 1. The van der Waals surface area contributed by atoms with Crippen LogP contribution in [0.1, 0.15) is 5.82 Å². The van der Waals surface area contributed by atoms with E-state index in [1.165, 1.54) is 11.0 Å². The van der Waals surface area contributed by atoms with Gasteiger partial charge >= 0.3 is 0 Å². The second-order valence-electron chi connectivity index (χ2n) is 3.92. The van der Waals surface area contributed by atoms with Gasteiger partial charge < -0.3 is 4.57 Å². The molecule has 19 heavy (non-hydrogen) atoms. The van der Waals surface area contributed by atoms with E-state index in [9.17, 15) is 9.59 Å². The number of aryl methyl sites for hydroxylation is 1. The SMILES string of the molecule is C=CCN1C(=O)/C(=C\c2nccn2C)C(=O)NC1=S. The van der Waals surface area contributed by atoms with E-state index >= 15 is 0 Å². The van der Waals surface area contributed by atoms with Crippen molar-refractivity contribution in [3.8, 4) is 0 Å². The Hall–Kier alpha value is -2.28. The van der Waals surface area contributed by atoms with E-state index in [1.807, 2.05) is 0 Å². The molecule has 1 fully saturated rings. The summed E-state index contributed by atoms with van der Waals surface area (Å²) in [5.74, 6) is -0.445. The minimum absolute atomic E-state index is 0.00440. The van der Waals surface area contributed by atoms with Crippen molar-refractivity contribution < 1.29 is 9.59 Å². The summed E-state index contributed by atoms with van der Waals surface area (Å²) >= 11 is 4.95. The molecule has 0 aliphatic carbocycles. The van der Waals surface area contributed by atoms with Crippen molar-refractivity contribution in [3.05, 3.63) is 36.4 Å². The van der Waals surface area contributed by atoms with Gasteiger partial charge in [0.2, 0.25) is 0 Å². The predicted octanol–water partition coefficient (Wildman–Crippen LogP) is 0.233. The quantitative estimate of drug-likeness (QED) is 0.371. The average Bonchev–Trinajstić information content (AvgIpc) is 2.76. The topological polar surface area (TPSA) is 67.2 Å². The van der Waals surface area contributed by atoms with Gasteiger partial charge in [0.05, 0.1) is 0 Å². The zero-order valence-electron chi connectivity index (χ0n) is 10.3. The molecule has 1 aliphatic heterocycles. The van der Waals surface area contributed by atoms with Crippen LogP contribution < -0.4 is 5.32 Å². The third kappa shape index (κ3) is 2.45. The van der Waals surface area contributed by atoms with Crippen LogP contribution in [0.25, 0.3) is 6.08 Å². The number of carbonyl (C=O) groups excluding carboxylic acids is 2. The summed E-state index contributed by atoms with van der Waals surface area (Å²) in [6, 6.07) is 0. The van der Waals surface area contributed by atoms with Gasteiger partial charge in [-0.1, -0.05) is 6.08 Å². The van der Waals surface area contributed by atoms with E-state index in [4.69, 9.17) is 12.2 Å². The van der Waals surface area contributed by atoms with Crippen LogP contribution in [0.5, 0.6) is 0 Å². The lowest BCUT2D eigenvalue weighted by Crippen LogP contribution is -2.53. The molecule has 2 rings (SSSR count). The maximum atomic E-state index is 12.2. The van der Waals surface area contributed by atoms with Crippen LogP contribution in [0.3, 0.4) is 0 Å². The summed E-state index contributed by atoms with van der Waals surface area (Å²) in [5.41, 5.74) is 0.00440. The van der Waals surface area contributed by atoms with Crippen LogP contribution in [0.2, 0.25) is 0 Å². The van der Waals surface area contributed by atoms with Crippen LogP contribution in [-0.4, -0.2) is 37.9 Å². The average molecular weight is 276 g/mol. The number of aromatic nitrogens is 2. The summed E-state index contributed by atoms with van der Waals surface area (Å²) in [7, 11) is 1.77. The van der Waals surface area contributed by atoms with Gasteiger partial charge in [-0.3, -0.25) is 19.8 Å². The first-order valence-electron chi connectivity index (χ1n) is 5.51. The number of thiocarbonyl (C=S) groups is 1. The van der Waals surface area contributed by atoms with Crippen molar-refractivity contribution in [1.82, 2.24) is 19.8 Å². The van der Waals surface area contributed by atoms with Crippen molar-refractivity contribution >= 4 is 35.2 Å². The summed E-state index contributed by atoms with van der Waals surface area (Å²) in [4.78, 5) is 29.4. The highest BCUT2D eigenvalue weighted by molar-refractivity contribution is 7.80. The first-order valence-corrected chi connectivity index (χ1v) is 5.92. The van der Waals surface area contributed by atoms with Crippen molar-refractivity contribution in [1.29, 1.82) is 0 Å². The van der Waals surface area contributed by atoms with E-state index in [-0.39, 0.29) is 17.2 Å². The number of nitrogens with zero attached hydrogens (tertiary/aromatic N) is 3. The Morgan fingerprint density at radius 3 is 2.84 bits per heavy atom. The standard InChI is InChI=1S/C12H12N4O2S/c1-3-5-16-11(18)8(10(17)14-12(16)19)7-9-13-4-6-15(9)2/h3-4,6-7H,1,5H2,2H3,(H,14,17,19)/b8-7-. The fourth-order valence-electron chi connectivity index (χ4n) is 1.63. The molecule has 2 amide bonds. The number of rotatable bonds is 3. The summed E-state index contributed by atoms with van der Waals surface area (Å²) in [6.07, 6.45) is 6.29.